The van der Waals surface area contributed by atoms with E-state index in [0.717, 1.165) is 11.1 Å². The van der Waals surface area contributed by atoms with E-state index < -0.39 is 18.7 Å². The summed E-state index contributed by atoms with van der Waals surface area (Å²) in [5.41, 5.74) is 1.89. The first kappa shape index (κ1) is 8.69. The van der Waals surface area contributed by atoms with Gasteiger partial charge in [0.25, 0.3) is 0 Å². The van der Waals surface area contributed by atoms with Crippen molar-refractivity contribution in [3.05, 3.63) is 53.2 Å². The fourth-order valence-electron chi connectivity index (χ4n) is 2.12. The predicted molar refractivity (Wildman–Crippen MR) is 69.6 cm³/mol. The number of carboxylic acids is 1. The van der Waals surface area contributed by atoms with Crippen LogP contribution in [0.1, 0.15) is 33.6 Å². The highest BCUT2D eigenvalue weighted by atomic mass is 16.5. The van der Waals surface area contributed by atoms with Crippen LogP contribution in [-0.2, 0) is 11.2 Å². The highest BCUT2D eigenvalue weighted by Gasteiger charge is 2.20. The molecule has 4 nitrogen and oxygen atoms in total. The van der Waals surface area contributed by atoms with E-state index in [1.165, 1.54) is 6.07 Å². The van der Waals surface area contributed by atoms with Crippen molar-refractivity contribution in [1.82, 2.24) is 4.98 Å². The van der Waals surface area contributed by atoms with Gasteiger partial charge in [0.15, 0.2) is 0 Å². The van der Waals surface area contributed by atoms with Gasteiger partial charge in [-0.1, -0.05) is 18.2 Å². The van der Waals surface area contributed by atoms with Gasteiger partial charge in [-0.05, 0) is 30.1 Å². The molecule has 1 aliphatic heterocycles. The maximum absolute atomic E-state index is 11.3. The summed E-state index contributed by atoms with van der Waals surface area (Å²) in [4.78, 5) is 15.4. The first-order valence-electron chi connectivity index (χ1n) is 7.33. The van der Waals surface area contributed by atoms with Gasteiger partial charge in [0.2, 0.25) is 5.88 Å². The highest BCUT2D eigenvalue weighted by molar-refractivity contribution is 5.75. The fourth-order valence-corrected chi connectivity index (χ4v) is 2.12. The summed E-state index contributed by atoms with van der Waals surface area (Å²) in [6.07, 6.45) is 2.16. The quantitative estimate of drug-likeness (QED) is 0.767. The third-order valence-electron chi connectivity index (χ3n) is 3.10. The second-order valence-corrected chi connectivity index (χ2v) is 4.38. The second-order valence-electron chi connectivity index (χ2n) is 4.38. The Morgan fingerprint density at radius 1 is 1.47 bits per heavy atom. The summed E-state index contributed by atoms with van der Waals surface area (Å²) in [7, 11) is 0. The van der Waals surface area contributed by atoms with Gasteiger partial charge >= 0.3 is 5.97 Å². The maximum atomic E-state index is 11.3. The molecular formula is C15H13NO3. The van der Waals surface area contributed by atoms with E-state index in [0.29, 0.717) is 18.1 Å². The Morgan fingerprint density at radius 3 is 3.16 bits per heavy atom. The van der Waals surface area contributed by atoms with Crippen molar-refractivity contribution < 1.29 is 18.8 Å². The Morgan fingerprint density at radius 2 is 2.37 bits per heavy atom. The molecule has 0 spiro atoms. The molecule has 19 heavy (non-hydrogen) atoms. The van der Waals surface area contributed by atoms with Crippen LogP contribution in [0.25, 0.3) is 0 Å². The SMILES string of the molecule is [2H]C([2H])([2H])C(C(=O)O)c1ccc2c(c1)Cc1cccnc1O2. The van der Waals surface area contributed by atoms with Gasteiger partial charge in [0, 0.05) is 22.3 Å². The zero-order valence-electron chi connectivity index (χ0n) is 13.0. The molecular weight excluding hydrogens is 242 g/mol. The molecule has 0 saturated heterocycles. The lowest BCUT2D eigenvalue weighted by Gasteiger charge is -2.20. The van der Waals surface area contributed by atoms with Gasteiger partial charge in [0.1, 0.15) is 5.75 Å². The molecule has 1 N–H and O–H groups in total. The standard InChI is InChI=1S/C15H13NO3/c1-9(15(17)18)10-4-5-13-12(7-10)8-11-3-2-6-16-14(11)19-13/h2-7,9H,8H2,1H3,(H,17,18)/i1D3. The van der Waals surface area contributed by atoms with E-state index in [1.54, 1.807) is 24.4 Å². The second kappa shape index (κ2) is 4.39. The number of fused-ring (bicyclic) bond motifs is 2. The molecule has 1 atom stereocenters. The zero-order valence-corrected chi connectivity index (χ0v) is 9.96. The number of hydrogen-bond acceptors (Lipinski definition) is 3. The molecule has 0 amide bonds. The number of carboxylic acid groups (broad SMARTS) is 1. The normalized spacial score (nSPS) is 16.9. The number of aromatic nitrogens is 1. The molecule has 3 rings (SSSR count). The number of rotatable bonds is 2. The molecule has 0 bridgehead atoms. The van der Waals surface area contributed by atoms with Crippen molar-refractivity contribution in [3.63, 3.8) is 0 Å². The van der Waals surface area contributed by atoms with Crippen LogP contribution in [0.3, 0.4) is 0 Å². The number of ether oxygens (including phenoxy) is 1. The molecule has 1 aliphatic rings. The summed E-state index contributed by atoms with van der Waals surface area (Å²) in [6, 6.07) is 8.34. The first-order chi connectivity index (χ1) is 10.4. The van der Waals surface area contributed by atoms with Gasteiger partial charge < -0.3 is 9.84 Å². The Balaban J connectivity index is 2.01. The Bertz CT molecular complexity index is 743. The van der Waals surface area contributed by atoms with E-state index in [4.69, 9.17) is 8.85 Å². The third-order valence-corrected chi connectivity index (χ3v) is 3.10. The summed E-state index contributed by atoms with van der Waals surface area (Å²) in [5, 5.41) is 9.22. The number of benzene rings is 1. The highest BCUT2D eigenvalue weighted by Crippen LogP contribution is 2.36. The molecule has 0 saturated carbocycles. The van der Waals surface area contributed by atoms with E-state index in [2.05, 4.69) is 4.98 Å². The Hall–Kier alpha value is -2.36. The van der Waals surface area contributed by atoms with Gasteiger partial charge in [0.05, 0.1) is 5.92 Å². The number of hydrogen-bond donors (Lipinski definition) is 1. The summed E-state index contributed by atoms with van der Waals surface area (Å²) in [5.74, 6) is -1.81. The largest absolute Gasteiger partial charge is 0.481 e. The molecule has 1 unspecified atom stereocenters. The molecule has 4 heteroatoms. The lowest BCUT2D eigenvalue weighted by molar-refractivity contribution is -0.138. The molecule has 0 radical (unpaired) electrons. The van der Waals surface area contributed by atoms with Crippen LogP contribution in [0.5, 0.6) is 11.6 Å². The van der Waals surface area contributed by atoms with Crippen molar-refractivity contribution in [1.29, 1.82) is 0 Å². The molecule has 2 heterocycles. The van der Waals surface area contributed by atoms with Crippen LogP contribution in [0.2, 0.25) is 0 Å². The molecule has 0 aliphatic carbocycles. The minimum atomic E-state index is -2.60. The van der Waals surface area contributed by atoms with Crippen molar-refractivity contribution in [2.75, 3.05) is 0 Å². The fraction of sp³-hybridized carbons (Fsp3) is 0.200. The van der Waals surface area contributed by atoms with E-state index in [1.807, 2.05) is 6.07 Å². The monoisotopic (exact) mass is 258 g/mol. The molecule has 0 fully saturated rings. The summed E-state index contributed by atoms with van der Waals surface area (Å²) < 4.78 is 27.9. The minimum absolute atomic E-state index is 0.252. The average Bonchev–Trinajstić information content (AvgIpc) is 2.43. The van der Waals surface area contributed by atoms with Gasteiger partial charge in [-0.3, -0.25) is 4.79 Å². The van der Waals surface area contributed by atoms with Crippen LogP contribution in [0, 0.1) is 0 Å². The number of aliphatic carboxylic acids is 1. The van der Waals surface area contributed by atoms with E-state index >= 15 is 0 Å². The Labute approximate surface area is 114 Å². The minimum Gasteiger partial charge on any atom is -0.481 e. The van der Waals surface area contributed by atoms with Crippen molar-refractivity contribution >= 4 is 5.97 Å². The van der Waals surface area contributed by atoms with Crippen LogP contribution in [-0.4, -0.2) is 16.1 Å². The van der Waals surface area contributed by atoms with Crippen molar-refractivity contribution in [2.24, 2.45) is 0 Å². The average molecular weight is 258 g/mol. The maximum Gasteiger partial charge on any atom is 0.310 e. The van der Waals surface area contributed by atoms with Gasteiger partial charge in [-0.2, -0.15) is 0 Å². The van der Waals surface area contributed by atoms with Crippen LogP contribution in [0.15, 0.2) is 36.5 Å². The lowest BCUT2D eigenvalue weighted by atomic mass is 9.95. The van der Waals surface area contributed by atoms with Crippen molar-refractivity contribution in [2.45, 2.75) is 19.2 Å². The molecule has 2 aromatic rings. The third kappa shape index (κ3) is 2.05. The molecule has 1 aromatic heterocycles. The number of carbonyl (C=O) groups is 1. The Kier molecular flexibility index (Phi) is 2.01. The zero-order chi connectivity index (χ0) is 15.9. The summed E-state index contributed by atoms with van der Waals surface area (Å²) in [6.45, 7) is -2.60. The van der Waals surface area contributed by atoms with Crippen LogP contribution < -0.4 is 4.74 Å². The first-order valence-corrected chi connectivity index (χ1v) is 5.83. The predicted octanol–water partition coefficient (Wildman–Crippen LogP) is 2.97. The molecule has 1 aromatic carbocycles. The van der Waals surface area contributed by atoms with Gasteiger partial charge in [-0.15, -0.1) is 0 Å². The smallest absolute Gasteiger partial charge is 0.310 e. The van der Waals surface area contributed by atoms with E-state index in [-0.39, 0.29) is 5.56 Å². The van der Waals surface area contributed by atoms with Crippen LogP contribution in [0.4, 0.5) is 0 Å². The number of pyridine rings is 1. The summed E-state index contributed by atoms with van der Waals surface area (Å²) >= 11 is 0. The topological polar surface area (TPSA) is 59.4 Å². The van der Waals surface area contributed by atoms with Crippen molar-refractivity contribution in [3.8, 4) is 11.6 Å². The number of nitrogens with zero attached hydrogens (tertiary/aromatic N) is 1. The molecule has 96 valence electrons. The van der Waals surface area contributed by atoms with E-state index in [9.17, 15) is 9.90 Å². The lowest BCUT2D eigenvalue weighted by Crippen LogP contribution is -2.10. The van der Waals surface area contributed by atoms with Crippen LogP contribution >= 0.6 is 0 Å². The van der Waals surface area contributed by atoms with Gasteiger partial charge in [-0.25, -0.2) is 4.98 Å².